The zero-order valence-corrected chi connectivity index (χ0v) is 19.2. The number of benzene rings is 2. The summed E-state index contributed by atoms with van der Waals surface area (Å²) in [5.41, 5.74) is 3.35. The van der Waals surface area contributed by atoms with Gasteiger partial charge in [-0.2, -0.15) is 5.10 Å². The fraction of sp³-hybridized carbons (Fsp3) is 0.286. The van der Waals surface area contributed by atoms with Crippen molar-refractivity contribution < 1.29 is 28.5 Å². The molecule has 10 heteroatoms. The van der Waals surface area contributed by atoms with Gasteiger partial charge in [0.15, 0.2) is 11.5 Å². The molecule has 2 N–H and O–H groups in total. The van der Waals surface area contributed by atoms with Gasteiger partial charge in [0.25, 0.3) is 11.8 Å². The first kappa shape index (κ1) is 24.0. The van der Waals surface area contributed by atoms with Crippen molar-refractivity contribution in [1.29, 1.82) is 0 Å². The summed E-state index contributed by atoms with van der Waals surface area (Å²) in [7, 11) is 4.37. The number of rotatable bonds is 10. The molecule has 0 unspecified atom stereocenters. The lowest BCUT2D eigenvalue weighted by Gasteiger charge is -2.14. The largest absolute Gasteiger partial charge is 0.494 e. The molecule has 0 aromatic heterocycles. The van der Waals surface area contributed by atoms with Gasteiger partial charge in [0.1, 0.15) is 5.75 Å². The third-order valence-corrected chi connectivity index (χ3v) is 4.73. The highest BCUT2D eigenvalue weighted by molar-refractivity contribution is 9.10. The maximum atomic E-state index is 12.4. The number of carbonyl (C=O) groups is 2. The van der Waals surface area contributed by atoms with Crippen molar-refractivity contribution in [2.24, 2.45) is 5.10 Å². The Balaban J connectivity index is 1.96. The van der Waals surface area contributed by atoms with Crippen LogP contribution in [0.4, 0.5) is 0 Å². The van der Waals surface area contributed by atoms with Crippen LogP contribution in [-0.2, 0) is 4.79 Å². The molecule has 166 valence electrons. The second-order valence-corrected chi connectivity index (χ2v) is 6.86. The van der Waals surface area contributed by atoms with E-state index in [9.17, 15) is 9.59 Å². The number of nitrogens with zero attached hydrogens (tertiary/aromatic N) is 1. The molecule has 0 atom stereocenters. The van der Waals surface area contributed by atoms with Crippen molar-refractivity contribution in [3.05, 3.63) is 45.9 Å². The maximum absolute atomic E-state index is 12.4. The average Bonchev–Trinajstić information content (AvgIpc) is 2.78. The van der Waals surface area contributed by atoms with Crippen LogP contribution in [0, 0.1) is 0 Å². The summed E-state index contributed by atoms with van der Waals surface area (Å²) in [6.07, 6.45) is 1.48. The molecule has 0 radical (unpaired) electrons. The maximum Gasteiger partial charge on any atom is 0.259 e. The minimum atomic E-state index is -0.492. The molecule has 2 aromatic carbocycles. The van der Waals surface area contributed by atoms with Crippen molar-refractivity contribution in [2.75, 3.05) is 34.5 Å². The van der Waals surface area contributed by atoms with Gasteiger partial charge in [0.2, 0.25) is 5.75 Å². The van der Waals surface area contributed by atoms with E-state index < -0.39 is 11.8 Å². The van der Waals surface area contributed by atoms with Crippen LogP contribution < -0.4 is 29.7 Å². The van der Waals surface area contributed by atoms with E-state index in [4.69, 9.17) is 18.9 Å². The second-order valence-electron chi connectivity index (χ2n) is 6.01. The summed E-state index contributed by atoms with van der Waals surface area (Å²) in [4.78, 5) is 24.4. The van der Waals surface area contributed by atoms with Gasteiger partial charge < -0.3 is 24.3 Å². The Kier molecular flexibility index (Phi) is 9.13. The summed E-state index contributed by atoms with van der Waals surface area (Å²) in [5, 5.41) is 6.43. The standard InChI is InChI=1S/C21H24BrN3O6/c1-5-31-15-6-7-16(22)14(8-15)11-24-25-19(26)12-23-21(27)13-9-17(28-2)20(30-4)18(10-13)29-3/h6-11H,5,12H2,1-4H3,(H,23,27)(H,25,26). The number of hydrogen-bond acceptors (Lipinski definition) is 7. The lowest BCUT2D eigenvalue weighted by atomic mass is 10.1. The topological polar surface area (TPSA) is 107 Å². The van der Waals surface area contributed by atoms with Crippen LogP contribution in [0.25, 0.3) is 0 Å². The SMILES string of the molecule is CCOc1ccc(Br)c(C=NNC(=O)CNC(=O)c2cc(OC)c(OC)c(OC)c2)c1. The molecule has 0 fully saturated rings. The number of nitrogens with one attached hydrogen (secondary N) is 2. The van der Waals surface area contributed by atoms with Crippen LogP contribution in [0.2, 0.25) is 0 Å². The highest BCUT2D eigenvalue weighted by Crippen LogP contribution is 2.38. The van der Waals surface area contributed by atoms with Gasteiger partial charge in [-0.1, -0.05) is 15.9 Å². The lowest BCUT2D eigenvalue weighted by molar-refractivity contribution is -0.120. The van der Waals surface area contributed by atoms with E-state index in [-0.39, 0.29) is 12.1 Å². The van der Waals surface area contributed by atoms with Crippen molar-refractivity contribution >= 4 is 34.0 Å². The molecule has 0 aliphatic rings. The molecule has 0 saturated carbocycles. The monoisotopic (exact) mass is 493 g/mol. The summed E-state index contributed by atoms with van der Waals surface area (Å²) >= 11 is 3.41. The molecule has 9 nitrogen and oxygen atoms in total. The van der Waals surface area contributed by atoms with Crippen LogP contribution in [0.3, 0.4) is 0 Å². The van der Waals surface area contributed by atoms with Crippen molar-refractivity contribution in [1.82, 2.24) is 10.7 Å². The summed E-state index contributed by atoms with van der Waals surface area (Å²) in [5.74, 6) is 0.755. The predicted molar refractivity (Wildman–Crippen MR) is 119 cm³/mol. The first-order chi connectivity index (χ1) is 14.9. The quantitative estimate of drug-likeness (QED) is 0.389. The highest BCUT2D eigenvalue weighted by atomic mass is 79.9. The summed E-state index contributed by atoms with van der Waals surface area (Å²) in [6, 6.07) is 8.43. The van der Waals surface area contributed by atoms with Gasteiger partial charge in [-0.25, -0.2) is 5.43 Å². The van der Waals surface area contributed by atoms with Crippen LogP contribution in [0.15, 0.2) is 39.9 Å². The zero-order valence-electron chi connectivity index (χ0n) is 17.7. The second kappa shape index (κ2) is 11.8. The summed E-state index contributed by atoms with van der Waals surface area (Å²) in [6.45, 7) is 2.16. The Morgan fingerprint density at radius 3 is 2.32 bits per heavy atom. The molecular formula is C21H24BrN3O6. The minimum Gasteiger partial charge on any atom is -0.494 e. The molecule has 2 aromatic rings. The van der Waals surface area contributed by atoms with E-state index in [0.717, 1.165) is 10.0 Å². The normalized spacial score (nSPS) is 10.5. The first-order valence-electron chi connectivity index (χ1n) is 9.25. The number of halogens is 1. The molecule has 2 amide bonds. The first-order valence-corrected chi connectivity index (χ1v) is 10.0. The Morgan fingerprint density at radius 2 is 1.74 bits per heavy atom. The van der Waals surface area contributed by atoms with Crippen LogP contribution >= 0.6 is 15.9 Å². The number of methoxy groups -OCH3 is 3. The molecule has 31 heavy (non-hydrogen) atoms. The van der Waals surface area contributed by atoms with E-state index in [2.05, 4.69) is 31.8 Å². The molecule has 0 aliphatic heterocycles. The van der Waals surface area contributed by atoms with Crippen molar-refractivity contribution in [3.63, 3.8) is 0 Å². The number of amides is 2. The van der Waals surface area contributed by atoms with Crippen LogP contribution in [-0.4, -0.2) is 52.5 Å². The zero-order chi connectivity index (χ0) is 22.8. The average molecular weight is 494 g/mol. The smallest absolute Gasteiger partial charge is 0.259 e. The number of hydrogen-bond donors (Lipinski definition) is 2. The highest BCUT2D eigenvalue weighted by Gasteiger charge is 2.17. The molecule has 0 aliphatic carbocycles. The van der Waals surface area contributed by atoms with Gasteiger partial charge in [0.05, 0.1) is 40.7 Å². The molecule has 2 rings (SSSR count). The van der Waals surface area contributed by atoms with Gasteiger partial charge >= 0.3 is 0 Å². The molecular weight excluding hydrogens is 470 g/mol. The Bertz CT molecular complexity index is 939. The van der Waals surface area contributed by atoms with E-state index >= 15 is 0 Å². The minimum absolute atomic E-state index is 0.252. The molecule has 0 spiro atoms. The van der Waals surface area contributed by atoms with E-state index in [1.807, 2.05) is 19.1 Å². The van der Waals surface area contributed by atoms with Gasteiger partial charge in [0, 0.05) is 15.6 Å². The number of carbonyl (C=O) groups excluding carboxylic acids is 2. The predicted octanol–water partition coefficient (Wildman–Crippen LogP) is 2.75. The van der Waals surface area contributed by atoms with E-state index in [1.165, 1.54) is 39.7 Å². The van der Waals surface area contributed by atoms with Crippen molar-refractivity contribution in [3.8, 4) is 23.0 Å². The van der Waals surface area contributed by atoms with Crippen LogP contribution in [0.1, 0.15) is 22.8 Å². The van der Waals surface area contributed by atoms with Gasteiger partial charge in [-0.05, 0) is 37.3 Å². The van der Waals surface area contributed by atoms with Gasteiger partial charge in [-0.15, -0.1) is 0 Å². The molecule has 0 saturated heterocycles. The Labute approximate surface area is 188 Å². The third-order valence-electron chi connectivity index (χ3n) is 4.01. The third kappa shape index (κ3) is 6.61. The lowest BCUT2D eigenvalue weighted by Crippen LogP contribution is -2.35. The van der Waals surface area contributed by atoms with Crippen LogP contribution in [0.5, 0.6) is 23.0 Å². The fourth-order valence-electron chi connectivity index (χ4n) is 2.57. The van der Waals surface area contributed by atoms with E-state index in [0.29, 0.717) is 29.6 Å². The number of ether oxygens (including phenoxy) is 4. The van der Waals surface area contributed by atoms with Crippen molar-refractivity contribution in [2.45, 2.75) is 6.92 Å². The fourth-order valence-corrected chi connectivity index (χ4v) is 2.91. The Hall–Kier alpha value is -3.27. The van der Waals surface area contributed by atoms with Gasteiger partial charge in [-0.3, -0.25) is 9.59 Å². The molecule has 0 heterocycles. The van der Waals surface area contributed by atoms with E-state index in [1.54, 1.807) is 6.07 Å². The summed E-state index contributed by atoms with van der Waals surface area (Å²) < 4.78 is 21.9. The Morgan fingerprint density at radius 1 is 1.06 bits per heavy atom. The number of hydrazone groups is 1. The molecule has 0 bridgehead atoms.